The fourth-order valence-electron chi connectivity index (χ4n) is 3.09. The molecule has 1 aromatic heterocycles. The van der Waals surface area contributed by atoms with Gasteiger partial charge in [-0.25, -0.2) is 14.3 Å². The summed E-state index contributed by atoms with van der Waals surface area (Å²) in [6.45, 7) is 10.6. The number of nitrogens with zero attached hydrogens (tertiary/aromatic N) is 5. The highest BCUT2D eigenvalue weighted by atomic mass is 35.5. The van der Waals surface area contributed by atoms with Crippen LogP contribution in [0.2, 0.25) is 10.0 Å². The lowest BCUT2D eigenvalue weighted by Gasteiger charge is -2.16. The maximum Gasteiger partial charge on any atom is 0.407 e. The molecule has 3 aromatic rings. The summed E-state index contributed by atoms with van der Waals surface area (Å²) in [6, 6.07) is 9.83. The van der Waals surface area contributed by atoms with Crippen LogP contribution in [0.1, 0.15) is 24.5 Å². The van der Waals surface area contributed by atoms with Crippen molar-refractivity contribution in [3.8, 4) is 0 Å². The van der Waals surface area contributed by atoms with Gasteiger partial charge in [0.2, 0.25) is 5.16 Å². The molecule has 182 valence electrons. The SMILES string of the molecule is [C-]#[N+]c1ccc(CCOC(=O)NC(CC)C(=O)Cn2nnnc2Sc2c(Cl)cc(C)cc2Cl)cc1. The second-order valence-corrected chi connectivity index (χ2v) is 9.31. The van der Waals surface area contributed by atoms with Gasteiger partial charge in [0.05, 0.1) is 34.2 Å². The highest BCUT2D eigenvalue weighted by Gasteiger charge is 2.23. The molecule has 1 heterocycles. The van der Waals surface area contributed by atoms with E-state index >= 15 is 0 Å². The molecule has 0 bridgehead atoms. The standard InChI is InChI=1S/C23H22Cl2N6O3S/c1-4-19(27-23(33)34-10-9-15-5-7-16(26-3)8-6-15)20(32)13-31-22(28-29-30-31)35-21-17(24)11-14(2)12-18(21)25/h5-8,11-12,19H,4,9-10,13H2,1-2H3,(H,27,33). The molecule has 0 aliphatic carbocycles. The molecule has 2 aromatic carbocycles. The summed E-state index contributed by atoms with van der Waals surface area (Å²) < 4.78 is 6.55. The predicted molar refractivity (Wildman–Crippen MR) is 133 cm³/mol. The third-order valence-electron chi connectivity index (χ3n) is 4.92. The number of ketones is 1. The molecule has 0 aliphatic rings. The Morgan fingerprint density at radius 1 is 1.23 bits per heavy atom. The summed E-state index contributed by atoms with van der Waals surface area (Å²) in [5.74, 6) is -0.283. The molecule has 1 unspecified atom stereocenters. The molecule has 3 rings (SSSR count). The molecule has 1 N–H and O–H groups in total. The largest absolute Gasteiger partial charge is 0.449 e. The molecule has 35 heavy (non-hydrogen) atoms. The molecule has 9 nitrogen and oxygen atoms in total. The molecule has 0 fully saturated rings. The van der Waals surface area contributed by atoms with Crippen molar-refractivity contribution in [2.75, 3.05) is 6.61 Å². The van der Waals surface area contributed by atoms with Crippen LogP contribution in [0.25, 0.3) is 4.85 Å². The van der Waals surface area contributed by atoms with Crippen molar-refractivity contribution in [2.24, 2.45) is 0 Å². The van der Waals surface area contributed by atoms with Crippen molar-refractivity contribution < 1.29 is 14.3 Å². The van der Waals surface area contributed by atoms with E-state index in [9.17, 15) is 9.59 Å². The summed E-state index contributed by atoms with van der Waals surface area (Å²) in [5.41, 5.74) is 2.40. The van der Waals surface area contributed by atoms with Gasteiger partial charge in [-0.05, 0) is 58.8 Å². The first-order chi connectivity index (χ1) is 16.8. The van der Waals surface area contributed by atoms with E-state index < -0.39 is 12.1 Å². The van der Waals surface area contributed by atoms with E-state index in [-0.39, 0.29) is 18.9 Å². The zero-order valence-corrected chi connectivity index (χ0v) is 21.3. The normalized spacial score (nSPS) is 11.5. The minimum Gasteiger partial charge on any atom is -0.449 e. The Kier molecular flexibility index (Phi) is 9.48. The number of ether oxygens (including phenoxy) is 1. The van der Waals surface area contributed by atoms with Crippen molar-refractivity contribution in [1.29, 1.82) is 0 Å². The van der Waals surface area contributed by atoms with Crippen molar-refractivity contribution in [3.63, 3.8) is 0 Å². The molecule has 12 heteroatoms. The van der Waals surface area contributed by atoms with Crippen LogP contribution in [-0.2, 0) is 22.5 Å². The number of hydrogen-bond acceptors (Lipinski definition) is 7. The third-order valence-corrected chi connectivity index (χ3v) is 6.86. The minimum absolute atomic E-state index is 0.139. The molecule has 0 spiro atoms. The van der Waals surface area contributed by atoms with Crippen molar-refractivity contribution >= 4 is 52.5 Å². The van der Waals surface area contributed by atoms with E-state index in [0.29, 0.717) is 38.6 Å². The Morgan fingerprint density at radius 3 is 2.54 bits per heavy atom. The zero-order valence-electron chi connectivity index (χ0n) is 19.0. The minimum atomic E-state index is -0.769. The van der Waals surface area contributed by atoms with E-state index in [1.165, 1.54) is 4.68 Å². The second-order valence-electron chi connectivity index (χ2n) is 7.51. The van der Waals surface area contributed by atoms with Gasteiger partial charge in [-0.1, -0.05) is 54.4 Å². The summed E-state index contributed by atoms with van der Waals surface area (Å²) in [7, 11) is 0. The average molecular weight is 533 g/mol. The highest BCUT2D eigenvalue weighted by molar-refractivity contribution is 7.99. The molecule has 0 saturated carbocycles. The van der Waals surface area contributed by atoms with Crippen molar-refractivity contribution in [2.45, 2.75) is 49.3 Å². The summed E-state index contributed by atoms with van der Waals surface area (Å²) >= 11 is 13.8. The number of amides is 1. The molecule has 1 amide bonds. The first kappa shape index (κ1) is 26.5. The molecular formula is C23H22Cl2N6O3S. The van der Waals surface area contributed by atoms with Gasteiger partial charge in [-0.15, -0.1) is 5.10 Å². The quantitative estimate of drug-likeness (QED) is 0.353. The van der Waals surface area contributed by atoms with E-state index in [4.69, 9.17) is 34.5 Å². The first-order valence-electron chi connectivity index (χ1n) is 10.6. The highest BCUT2D eigenvalue weighted by Crippen LogP contribution is 2.38. The van der Waals surface area contributed by atoms with E-state index in [0.717, 1.165) is 22.9 Å². The van der Waals surface area contributed by atoms with Crippen LogP contribution in [0.4, 0.5) is 10.5 Å². The Morgan fingerprint density at radius 2 is 1.91 bits per heavy atom. The lowest BCUT2D eigenvalue weighted by molar-refractivity contribution is -0.122. The van der Waals surface area contributed by atoms with E-state index in [2.05, 4.69) is 25.7 Å². The summed E-state index contributed by atoms with van der Waals surface area (Å²) in [5, 5.41) is 15.3. The number of nitrogens with one attached hydrogen (secondary N) is 1. The number of carbonyl (C=O) groups excluding carboxylic acids is 2. The predicted octanol–water partition coefficient (Wildman–Crippen LogP) is 5.31. The van der Waals surface area contributed by atoms with Crippen LogP contribution in [0.5, 0.6) is 0 Å². The van der Waals surface area contributed by atoms with Crippen LogP contribution >= 0.6 is 35.0 Å². The number of rotatable bonds is 10. The Hall–Kier alpha value is -3.13. The molecule has 0 radical (unpaired) electrons. The number of benzene rings is 2. The van der Waals surface area contributed by atoms with E-state index in [1.807, 2.05) is 19.1 Å². The van der Waals surface area contributed by atoms with Gasteiger partial charge in [-0.2, -0.15) is 0 Å². The van der Waals surface area contributed by atoms with Crippen LogP contribution in [-0.4, -0.2) is 44.7 Å². The molecular weight excluding hydrogens is 511 g/mol. The number of hydrogen-bond donors (Lipinski definition) is 1. The zero-order chi connectivity index (χ0) is 25.4. The topological polar surface area (TPSA) is 103 Å². The van der Waals surface area contributed by atoms with Gasteiger partial charge in [0, 0.05) is 6.42 Å². The smallest absolute Gasteiger partial charge is 0.407 e. The monoisotopic (exact) mass is 532 g/mol. The van der Waals surface area contributed by atoms with Gasteiger partial charge >= 0.3 is 6.09 Å². The Balaban J connectivity index is 1.54. The van der Waals surface area contributed by atoms with Crippen molar-refractivity contribution in [1.82, 2.24) is 25.5 Å². The third kappa shape index (κ3) is 7.42. The number of carbonyl (C=O) groups is 2. The fraction of sp³-hybridized carbons (Fsp3) is 0.304. The number of alkyl carbamates (subject to hydrolysis) is 1. The maximum atomic E-state index is 12.8. The lowest BCUT2D eigenvalue weighted by atomic mass is 10.1. The van der Waals surface area contributed by atoms with Gasteiger partial charge in [0.25, 0.3) is 0 Å². The molecule has 1 atom stereocenters. The lowest BCUT2D eigenvalue weighted by Crippen LogP contribution is -2.42. The van der Waals surface area contributed by atoms with Crippen LogP contribution in [0.3, 0.4) is 0 Å². The van der Waals surface area contributed by atoms with Gasteiger partial charge in [0.1, 0.15) is 6.54 Å². The summed E-state index contributed by atoms with van der Waals surface area (Å²) in [6.07, 6.45) is 0.172. The van der Waals surface area contributed by atoms with Crippen molar-refractivity contribution in [3.05, 3.63) is 69.0 Å². The Bertz CT molecular complexity index is 1220. The van der Waals surface area contributed by atoms with E-state index in [1.54, 1.807) is 31.2 Å². The van der Waals surface area contributed by atoms with Gasteiger partial charge in [-0.3, -0.25) is 4.79 Å². The van der Waals surface area contributed by atoms with Crippen LogP contribution in [0, 0.1) is 13.5 Å². The van der Waals surface area contributed by atoms with Crippen LogP contribution < -0.4 is 5.32 Å². The van der Waals surface area contributed by atoms with Crippen LogP contribution in [0.15, 0.2) is 46.5 Å². The summed E-state index contributed by atoms with van der Waals surface area (Å²) in [4.78, 5) is 29.0. The van der Waals surface area contributed by atoms with Gasteiger partial charge < -0.3 is 10.1 Å². The molecule has 0 saturated heterocycles. The number of Topliss-reactive ketones (excluding diaryl/α,β-unsaturated/α-hetero) is 1. The second kappa shape index (κ2) is 12.5. The Labute approximate surface area is 216 Å². The number of aromatic nitrogens is 4. The number of tetrazole rings is 1. The average Bonchev–Trinajstić information content (AvgIpc) is 3.26. The van der Waals surface area contributed by atoms with Gasteiger partial charge in [0.15, 0.2) is 11.5 Å². The molecule has 0 aliphatic heterocycles. The number of aryl methyl sites for hydroxylation is 1. The maximum absolute atomic E-state index is 12.8. The number of halogens is 2. The fourth-order valence-corrected chi connectivity index (χ4v) is 4.70. The first-order valence-corrected chi connectivity index (χ1v) is 12.2.